The summed E-state index contributed by atoms with van der Waals surface area (Å²) in [5.74, 6) is 1.08. The van der Waals surface area contributed by atoms with Crippen LogP contribution < -0.4 is 0 Å². The standard InChI is InChI=1S/C16H22N2O2/c1-17-8-13-10-18(11-14(13)9-17)16(20)15(19)7-12-5-3-2-4-6-12/h2-6,13-15,19H,7-11H2,1H3/t13-,14+,15-/m0/s1. The molecule has 0 saturated carbocycles. The van der Waals surface area contributed by atoms with E-state index in [9.17, 15) is 9.90 Å². The lowest BCUT2D eigenvalue weighted by atomic mass is 10.0. The smallest absolute Gasteiger partial charge is 0.251 e. The van der Waals surface area contributed by atoms with Crippen LogP contribution in [0.5, 0.6) is 0 Å². The molecule has 2 aliphatic rings. The van der Waals surface area contributed by atoms with E-state index < -0.39 is 6.10 Å². The molecule has 1 aromatic carbocycles. The SMILES string of the molecule is CN1C[C@@H]2CN(C(=O)[C@@H](O)Cc3ccccc3)C[C@@H]2C1. The van der Waals surface area contributed by atoms with Gasteiger partial charge in [-0.2, -0.15) is 0 Å². The summed E-state index contributed by atoms with van der Waals surface area (Å²) < 4.78 is 0. The minimum Gasteiger partial charge on any atom is -0.383 e. The molecule has 2 fully saturated rings. The Bertz CT molecular complexity index is 463. The van der Waals surface area contributed by atoms with Crippen LogP contribution in [0.15, 0.2) is 30.3 Å². The van der Waals surface area contributed by atoms with E-state index in [-0.39, 0.29) is 5.91 Å². The molecular formula is C16H22N2O2. The number of fused-ring (bicyclic) bond motifs is 1. The molecule has 0 unspecified atom stereocenters. The van der Waals surface area contributed by atoms with E-state index in [0.717, 1.165) is 31.7 Å². The van der Waals surface area contributed by atoms with Crippen molar-refractivity contribution >= 4 is 5.91 Å². The highest BCUT2D eigenvalue weighted by atomic mass is 16.3. The van der Waals surface area contributed by atoms with Crippen molar-refractivity contribution in [3.05, 3.63) is 35.9 Å². The number of hydrogen-bond donors (Lipinski definition) is 1. The number of amides is 1. The van der Waals surface area contributed by atoms with Crippen LogP contribution in [0.2, 0.25) is 0 Å². The Morgan fingerprint density at radius 2 is 1.80 bits per heavy atom. The van der Waals surface area contributed by atoms with Crippen molar-refractivity contribution in [2.24, 2.45) is 11.8 Å². The average Bonchev–Trinajstić information content (AvgIpc) is 2.96. The molecule has 2 heterocycles. The Morgan fingerprint density at radius 3 is 2.40 bits per heavy atom. The van der Waals surface area contributed by atoms with Crippen molar-refractivity contribution in [3.63, 3.8) is 0 Å². The third kappa shape index (κ3) is 2.72. The van der Waals surface area contributed by atoms with Gasteiger partial charge >= 0.3 is 0 Å². The number of carbonyl (C=O) groups excluding carboxylic acids is 1. The van der Waals surface area contributed by atoms with Crippen LogP contribution in [0.1, 0.15) is 5.56 Å². The third-order valence-corrected chi connectivity index (χ3v) is 4.54. The van der Waals surface area contributed by atoms with Crippen molar-refractivity contribution in [1.82, 2.24) is 9.80 Å². The number of rotatable bonds is 3. The summed E-state index contributed by atoms with van der Waals surface area (Å²) in [6.07, 6.45) is -0.500. The van der Waals surface area contributed by atoms with E-state index in [1.54, 1.807) is 0 Å². The highest BCUT2D eigenvalue weighted by Gasteiger charge is 2.41. The van der Waals surface area contributed by atoms with Gasteiger partial charge in [0.1, 0.15) is 6.10 Å². The van der Waals surface area contributed by atoms with Gasteiger partial charge < -0.3 is 14.9 Å². The van der Waals surface area contributed by atoms with E-state index in [0.29, 0.717) is 18.3 Å². The lowest BCUT2D eigenvalue weighted by Crippen LogP contribution is -2.40. The zero-order valence-corrected chi connectivity index (χ0v) is 11.9. The van der Waals surface area contributed by atoms with Crippen molar-refractivity contribution in [1.29, 1.82) is 0 Å². The first kappa shape index (κ1) is 13.6. The van der Waals surface area contributed by atoms with Crippen molar-refractivity contribution in [3.8, 4) is 0 Å². The molecule has 3 atom stereocenters. The van der Waals surface area contributed by atoms with Gasteiger partial charge in [-0.1, -0.05) is 30.3 Å². The Balaban J connectivity index is 1.57. The van der Waals surface area contributed by atoms with Crippen LogP contribution in [-0.4, -0.2) is 60.1 Å². The number of benzene rings is 1. The maximum Gasteiger partial charge on any atom is 0.251 e. The van der Waals surface area contributed by atoms with Gasteiger partial charge in [-0.05, 0) is 24.4 Å². The number of aliphatic hydroxyl groups excluding tert-OH is 1. The van der Waals surface area contributed by atoms with Gasteiger partial charge in [0.05, 0.1) is 0 Å². The first-order chi connectivity index (χ1) is 9.63. The zero-order chi connectivity index (χ0) is 14.1. The number of aliphatic hydroxyl groups is 1. The molecule has 108 valence electrons. The van der Waals surface area contributed by atoms with E-state index in [4.69, 9.17) is 0 Å². The zero-order valence-electron chi connectivity index (χ0n) is 11.9. The largest absolute Gasteiger partial charge is 0.383 e. The van der Waals surface area contributed by atoms with Gasteiger partial charge in [0, 0.05) is 32.6 Å². The molecule has 4 nitrogen and oxygen atoms in total. The van der Waals surface area contributed by atoms with Gasteiger partial charge in [0.25, 0.3) is 5.91 Å². The van der Waals surface area contributed by atoms with Crippen molar-refractivity contribution in [2.45, 2.75) is 12.5 Å². The summed E-state index contributed by atoms with van der Waals surface area (Å²) in [5.41, 5.74) is 1.01. The van der Waals surface area contributed by atoms with Crippen molar-refractivity contribution < 1.29 is 9.90 Å². The lowest BCUT2D eigenvalue weighted by Gasteiger charge is -2.22. The predicted octanol–water partition coefficient (Wildman–Crippen LogP) is 0.610. The minimum atomic E-state index is -0.908. The van der Waals surface area contributed by atoms with Crippen LogP contribution in [0.4, 0.5) is 0 Å². The van der Waals surface area contributed by atoms with Gasteiger partial charge in [0.15, 0.2) is 0 Å². The molecule has 2 aliphatic heterocycles. The molecular weight excluding hydrogens is 252 g/mol. The summed E-state index contributed by atoms with van der Waals surface area (Å²) in [5, 5.41) is 10.1. The molecule has 3 rings (SSSR count). The molecule has 1 amide bonds. The van der Waals surface area contributed by atoms with Crippen LogP contribution in [0.3, 0.4) is 0 Å². The Labute approximate surface area is 120 Å². The normalized spacial score (nSPS) is 27.6. The third-order valence-electron chi connectivity index (χ3n) is 4.54. The maximum absolute atomic E-state index is 12.3. The van der Waals surface area contributed by atoms with Crippen molar-refractivity contribution in [2.75, 3.05) is 33.2 Å². The summed E-state index contributed by atoms with van der Waals surface area (Å²) in [7, 11) is 2.13. The average molecular weight is 274 g/mol. The Morgan fingerprint density at radius 1 is 1.20 bits per heavy atom. The van der Waals surface area contributed by atoms with Crippen LogP contribution >= 0.6 is 0 Å². The van der Waals surface area contributed by atoms with Crippen LogP contribution in [-0.2, 0) is 11.2 Å². The number of hydrogen-bond acceptors (Lipinski definition) is 3. The van der Waals surface area contributed by atoms with Gasteiger partial charge in [-0.3, -0.25) is 4.79 Å². The fourth-order valence-corrected chi connectivity index (χ4v) is 3.54. The number of likely N-dealkylation sites (tertiary alicyclic amines) is 2. The quantitative estimate of drug-likeness (QED) is 0.878. The number of nitrogens with zero attached hydrogens (tertiary/aromatic N) is 2. The highest BCUT2D eigenvalue weighted by molar-refractivity contribution is 5.81. The summed E-state index contributed by atoms with van der Waals surface area (Å²) in [6.45, 7) is 3.76. The monoisotopic (exact) mass is 274 g/mol. The topological polar surface area (TPSA) is 43.8 Å². The summed E-state index contributed by atoms with van der Waals surface area (Å²) >= 11 is 0. The first-order valence-corrected chi connectivity index (χ1v) is 7.33. The Hall–Kier alpha value is -1.39. The van der Waals surface area contributed by atoms with E-state index in [1.165, 1.54) is 0 Å². The number of carbonyl (C=O) groups is 1. The molecule has 1 N–H and O–H groups in total. The van der Waals surface area contributed by atoms with E-state index in [2.05, 4.69) is 11.9 Å². The molecule has 2 saturated heterocycles. The highest BCUT2D eigenvalue weighted by Crippen LogP contribution is 2.30. The van der Waals surface area contributed by atoms with Gasteiger partial charge in [0.2, 0.25) is 0 Å². The minimum absolute atomic E-state index is 0.106. The predicted molar refractivity (Wildman–Crippen MR) is 77.2 cm³/mol. The fraction of sp³-hybridized carbons (Fsp3) is 0.562. The molecule has 0 radical (unpaired) electrons. The second-order valence-electron chi connectivity index (χ2n) is 6.19. The van der Waals surface area contributed by atoms with Gasteiger partial charge in [-0.15, -0.1) is 0 Å². The molecule has 1 aromatic rings. The van der Waals surface area contributed by atoms with Crippen LogP contribution in [0, 0.1) is 11.8 Å². The molecule has 4 heteroatoms. The second kappa shape index (κ2) is 5.54. The Kier molecular flexibility index (Phi) is 3.76. The molecule has 0 spiro atoms. The lowest BCUT2D eigenvalue weighted by molar-refractivity contribution is -0.139. The molecule has 0 bridgehead atoms. The summed E-state index contributed by atoms with van der Waals surface area (Å²) in [4.78, 5) is 16.5. The second-order valence-corrected chi connectivity index (χ2v) is 6.19. The molecule has 20 heavy (non-hydrogen) atoms. The first-order valence-electron chi connectivity index (χ1n) is 7.33. The van der Waals surface area contributed by atoms with E-state index in [1.807, 2.05) is 35.2 Å². The van der Waals surface area contributed by atoms with Crippen LogP contribution in [0.25, 0.3) is 0 Å². The molecule has 0 aliphatic carbocycles. The molecule has 0 aromatic heterocycles. The van der Waals surface area contributed by atoms with E-state index >= 15 is 0 Å². The fourth-order valence-electron chi connectivity index (χ4n) is 3.54. The summed E-state index contributed by atoms with van der Waals surface area (Å²) in [6, 6.07) is 9.70. The van der Waals surface area contributed by atoms with Gasteiger partial charge in [-0.25, -0.2) is 0 Å². The maximum atomic E-state index is 12.3.